The largest absolute Gasteiger partial charge is 0.496 e. The van der Waals surface area contributed by atoms with Gasteiger partial charge in [-0.25, -0.2) is 0 Å². The molecule has 0 aromatic heterocycles. The first-order valence-electron chi connectivity index (χ1n) is 11.8. The summed E-state index contributed by atoms with van der Waals surface area (Å²) < 4.78 is 5.52. The summed E-state index contributed by atoms with van der Waals surface area (Å²) in [6.45, 7) is 3.95. The fourth-order valence-electron chi connectivity index (χ4n) is 5.50. The van der Waals surface area contributed by atoms with Gasteiger partial charge in [0, 0.05) is 60.9 Å². The highest BCUT2D eigenvalue weighted by molar-refractivity contribution is 6.09. The van der Waals surface area contributed by atoms with E-state index in [1.54, 1.807) is 7.11 Å². The highest BCUT2D eigenvalue weighted by Crippen LogP contribution is 2.44. The van der Waals surface area contributed by atoms with Crippen molar-refractivity contribution in [1.29, 1.82) is 5.41 Å². The molecule has 0 bridgehead atoms. The van der Waals surface area contributed by atoms with Crippen molar-refractivity contribution < 1.29 is 14.3 Å². The van der Waals surface area contributed by atoms with E-state index in [0.29, 0.717) is 31.0 Å². The molecule has 8 nitrogen and oxygen atoms in total. The molecular weight excluding hydrogens is 418 g/mol. The Morgan fingerprint density at radius 3 is 2.42 bits per heavy atom. The normalized spacial score (nSPS) is 22.1. The number of rotatable bonds is 5. The van der Waals surface area contributed by atoms with Crippen molar-refractivity contribution >= 4 is 29.3 Å². The Morgan fingerprint density at radius 1 is 1.15 bits per heavy atom. The summed E-state index contributed by atoms with van der Waals surface area (Å²) in [6, 6.07) is 5.58. The maximum Gasteiger partial charge on any atom is 0.233 e. The maximum atomic E-state index is 13.5. The molecule has 0 saturated carbocycles. The molecule has 0 atom stereocenters. The number of nitrogens with one attached hydrogen (secondary N) is 1. The Morgan fingerprint density at radius 2 is 1.82 bits per heavy atom. The number of carbonyl (C=O) groups is 2. The van der Waals surface area contributed by atoms with Crippen LogP contribution in [0.4, 0.5) is 5.69 Å². The van der Waals surface area contributed by atoms with Crippen molar-refractivity contribution in [2.45, 2.75) is 32.1 Å². The Hall–Kier alpha value is -2.87. The summed E-state index contributed by atoms with van der Waals surface area (Å²) in [4.78, 5) is 32.7. The fraction of sp³-hybridized carbons (Fsp3) is 0.560. The first kappa shape index (κ1) is 23.3. The minimum atomic E-state index is -0.382. The van der Waals surface area contributed by atoms with Gasteiger partial charge in [0.1, 0.15) is 5.75 Å². The Balaban J connectivity index is 1.43. The van der Waals surface area contributed by atoms with Gasteiger partial charge in [0.15, 0.2) is 0 Å². The number of allylic oxidation sites excluding steroid dienone is 1. The lowest BCUT2D eigenvalue weighted by atomic mass is 9.76. The number of methoxy groups -OCH3 is 1. The van der Waals surface area contributed by atoms with Crippen LogP contribution < -0.4 is 15.4 Å². The number of hydrogen-bond donors (Lipinski definition) is 2. The van der Waals surface area contributed by atoms with Crippen molar-refractivity contribution in [2.24, 2.45) is 17.1 Å². The number of likely N-dealkylation sites (tertiary alicyclic amines) is 2. The monoisotopic (exact) mass is 453 g/mol. The molecule has 3 aliphatic heterocycles. The van der Waals surface area contributed by atoms with Crippen molar-refractivity contribution in [1.82, 2.24) is 9.80 Å². The van der Waals surface area contributed by atoms with Crippen molar-refractivity contribution in [3.05, 3.63) is 30.0 Å². The van der Waals surface area contributed by atoms with E-state index >= 15 is 0 Å². The molecule has 1 aromatic rings. The molecule has 33 heavy (non-hydrogen) atoms. The number of piperidine rings is 2. The van der Waals surface area contributed by atoms with Crippen LogP contribution in [0, 0.1) is 16.7 Å². The van der Waals surface area contributed by atoms with Gasteiger partial charge in [0.25, 0.3) is 0 Å². The van der Waals surface area contributed by atoms with E-state index in [-0.39, 0.29) is 23.1 Å². The van der Waals surface area contributed by atoms with E-state index in [0.717, 1.165) is 56.4 Å². The molecule has 1 spiro atoms. The third-order valence-electron chi connectivity index (χ3n) is 7.76. The van der Waals surface area contributed by atoms with E-state index in [4.69, 9.17) is 15.9 Å². The second-order valence-electron chi connectivity index (χ2n) is 9.54. The zero-order valence-corrected chi connectivity index (χ0v) is 19.7. The summed E-state index contributed by atoms with van der Waals surface area (Å²) >= 11 is 0. The molecule has 0 aliphatic carbocycles. The number of amides is 2. The summed E-state index contributed by atoms with van der Waals surface area (Å²) in [5.41, 5.74) is 7.33. The van der Waals surface area contributed by atoms with Crippen molar-refractivity contribution in [3.63, 3.8) is 0 Å². The predicted molar refractivity (Wildman–Crippen MR) is 129 cm³/mol. The van der Waals surface area contributed by atoms with Crippen LogP contribution in [0.3, 0.4) is 0 Å². The van der Waals surface area contributed by atoms with Crippen molar-refractivity contribution in [3.8, 4) is 5.75 Å². The first-order valence-corrected chi connectivity index (χ1v) is 11.8. The maximum absolute atomic E-state index is 13.5. The molecular formula is C25H35N5O3. The number of ether oxygens (including phenoxy) is 1. The quantitative estimate of drug-likeness (QED) is 0.666. The lowest BCUT2D eigenvalue weighted by molar-refractivity contribution is -0.142. The smallest absolute Gasteiger partial charge is 0.233 e. The number of nitrogens with zero attached hydrogens (tertiary/aromatic N) is 3. The third-order valence-corrected chi connectivity index (χ3v) is 7.76. The summed E-state index contributed by atoms with van der Waals surface area (Å²) in [6.07, 6.45) is 6.69. The molecule has 2 amide bonds. The molecule has 3 saturated heterocycles. The second-order valence-corrected chi connectivity index (χ2v) is 9.54. The van der Waals surface area contributed by atoms with Gasteiger partial charge in [-0.15, -0.1) is 0 Å². The Bertz CT molecular complexity index is 943. The zero-order chi connectivity index (χ0) is 23.6. The average molecular weight is 454 g/mol. The van der Waals surface area contributed by atoms with E-state index in [9.17, 15) is 9.59 Å². The zero-order valence-electron chi connectivity index (χ0n) is 19.7. The van der Waals surface area contributed by atoms with E-state index in [2.05, 4.69) is 11.9 Å². The Labute approximate surface area is 195 Å². The second kappa shape index (κ2) is 9.55. The molecule has 4 rings (SSSR count). The number of anilines is 1. The topological polar surface area (TPSA) is 103 Å². The van der Waals surface area contributed by atoms with Gasteiger partial charge in [-0.2, -0.15) is 0 Å². The minimum absolute atomic E-state index is 0.130. The van der Waals surface area contributed by atoms with Gasteiger partial charge in [0.05, 0.1) is 12.5 Å². The van der Waals surface area contributed by atoms with Gasteiger partial charge in [-0.1, -0.05) is 0 Å². The molecule has 1 aromatic carbocycles. The van der Waals surface area contributed by atoms with E-state index in [1.807, 2.05) is 28.0 Å². The van der Waals surface area contributed by atoms with Crippen LogP contribution in [0.2, 0.25) is 0 Å². The average Bonchev–Trinajstić information content (AvgIpc) is 3.16. The standard InChI is InChI=1S/C25H35N5O3/c1-28-10-5-18(6-11-28)23(31)29-12-7-25(8-13-29)9-14-30(24(25)32)20-3-4-21(19(16-26)17-27)22(15-20)33-2/h3-4,15-18,26H,5-14,27H2,1-2H3/b19-17+,26-16?. The SMILES string of the molecule is COc1cc(N2CCC3(CCN(C(=O)C4CCN(C)CC4)CC3)C2=O)ccc1/C(C=N)=C/N. The number of benzene rings is 1. The van der Waals surface area contributed by atoms with E-state index < -0.39 is 0 Å². The molecule has 178 valence electrons. The van der Waals surface area contributed by atoms with Gasteiger partial charge in [-0.05, 0) is 64.4 Å². The van der Waals surface area contributed by atoms with Gasteiger partial charge in [0.2, 0.25) is 11.8 Å². The highest BCUT2D eigenvalue weighted by Gasteiger charge is 2.49. The molecule has 3 heterocycles. The van der Waals surface area contributed by atoms with Crippen LogP contribution >= 0.6 is 0 Å². The van der Waals surface area contributed by atoms with Crippen LogP contribution in [-0.2, 0) is 9.59 Å². The van der Waals surface area contributed by atoms with Gasteiger partial charge in [-0.3, -0.25) is 9.59 Å². The predicted octanol–water partition coefficient (Wildman–Crippen LogP) is 2.33. The molecule has 3 N–H and O–H groups in total. The fourth-order valence-corrected chi connectivity index (χ4v) is 5.50. The highest BCUT2D eigenvalue weighted by atomic mass is 16.5. The molecule has 0 unspecified atom stereocenters. The lowest BCUT2D eigenvalue weighted by Crippen LogP contribution is -2.49. The third kappa shape index (κ3) is 4.36. The molecule has 0 radical (unpaired) electrons. The molecule has 8 heteroatoms. The number of hydrogen-bond acceptors (Lipinski definition) is 6. The molecule has 3 fully saturated rings. The summed E-state index contributed by atoms with van der Waals surface area (Å²) in [7, 11) is 3.68. The van der Waals surface area contributed by atoms with Crippen LogP contribution in [0.15, 0.2) is 24.4 Å². The first-order chi connectivity index (χ1) is 15.9. The van der Waals surface area contributed by atoms with Crippen LogP contribution in [0.1, 0.15) is 37.7 Å². The lowest BCUT2D eigenvalue weighted by Gasteiger charge is -2.40. The summed E-state index contributed by atoms with van der Waals surface area (Å²) in [5, 5.41) is 7.55. The van der Waals surface area contributed by atoms with Gasteiger partial charge >= 0.3 is 0 Å². The van der Waals surface area contributed by atoms with Gasteiger partial charge < -0.3 is 30.6 Å². The summed E-state index contributed by atoms with van der Waals surface area (Å²) in [5.74, 6) is 1.13. The Kier molecular flexibility index (Phi) is 6.74. The minimum Gasteiger partial charge on any atom is -0.496 e. The van der Waals surface area contributed by atoms with Crippen molar-refractivity contribution in [2.75, 3.05) is 51.8 Å². The number of carbonyl (C=O) groups excluding carboxylic acids is 2. The van der Waals surface area contributed by atoms with Crippen LogP contribution in [-0.4, -0.2) is 74.7 Å². The number of nitrogens with two attached hydrogens (primary N) is 1. The molecule has 3 aliphatic rings. The van der Waals surface area contributed by atoms with Crippen LogP contribution in [0.25, 0.3) is 5.57 Å². The van der Waals surface area contributed by atoms with E-state index in [1.165, 1.54) is 12.4 Å². The van der Waals surface area contributed by atoms with Crippen LogP contribution in [0.5, 0.6) is 5.75 Å².